The third-order valence-electron chi connectivity index (χ3n) is 5.68. The molecule has 1 N–H and O–H groups in total. The Morgan fingerprint density at radius 2 is 1.71 bits per heavy atom. The molecule has 170 valence electrons. The van der Waals surface area contributed by atoms with Gasteiger partial charge >= 0.3 is 5.63 Å². The molecule has 3 aromatic carbocycles. The summed E-state index contributed by atoms with van der Waals surface area (Å²) in [4.78, 5) is 26.4. The number of hydrogen-bond acceptors (Lipinski definition) is 5. The molecule has 0 bridgehead atoms. The maximum absolute atomic E-state index is 13.4. The number of para-hydroxylation sites is 2. The van der Waals surface area contributed by atoms with Crippen LogP contribution in [0.3, 0.4) is 0 Å². The monoisotopic (exact) mass is 453 g/mol. The van der Waals surface area contributed by atoms with Crippen molar-refractivity contribution in [2.75, 3.05) is 11.9 Å². The molecule has 0 radical (unpaired) electrons. The summed E-state index contributed by atoms with van der Waals surface area (Å²) in [6, 6.07) is 23.6. The minimum atomic E-state index is -0.953. The maximum Gasteiger partial charge on any atom is 0.344 e. The Kier molecular flexibility index (Phi) is 5.64. The van der Waals surface area contributed by atoms with Crippen LogP contribution in [0.15, 0.2) is 100 Å². The van der Waals surface area contributed by atoms with Crippen LogP contribution in [0, 0.1) is 0 Å². The molecule has 0 aliphatic carbocycles. The summed E-state index contributed by atoms with van der Waals surface area (Å²) in [5.74, 6) is 0.0580. The first-order valence-corrected chi connectivity index (χ1v) is 11.0. The van der Waals surface area contributed by atoms with E-state index >= 15 is 0 Å². The minimum absolute atomic E-state index is 0.336. The van der Waals surface area contributed by atoms with Crippen molar-refractivity contribution in [2.24, 2.45) is 0 Å². The van der Waals surface area contributed by atoms with Gasteiger partial charge in [-0.2, -0.15) is 0 Å². The number of hydrogen-bond donors (Lipinski definition) is 1. The highest BCUT2D eigenvalue weighted by Gasteiger charge is 2.44. The Hall–Kier alpha value is -4.32. The molecule has 0 saturated carbocycles. The van der Waals surface area contributed by atoms with E-state index in [1.165, 1.54) is 0 Å². The van der Waals surface area contributed by atoms with Crippen LogP contribution >= 0.6 is 0 Å². The van der Waals surface area contributed by atoms with Crippen LogP contribution in [0.2, 0.25) is 0 Å². The lowest BCUT2D eigenvalue weighted by atomic mass is 9.88. The predicted octanol–water partition coefficient (Wildman–Crippen LogP) is 5.28. The van der Waals surface area contributed by atoms with Gasteiger partial charge in [-0.25, -0.2) is 4.79 Å². The number of ether oxygens (including phenoxy) is 2. The van der Waals surface area contributed by atoms with Gasteiger partial charge in [0.2, 0.25) is 0 Å². The lowest BCUT2D eigenvalue weighted by molar-refractivity contribution is -0.122. The van der Waals surface area contributed by atoms with Gasteiger partial charge in [-0.15, -0.1) is 0 Å². The van der Waals surface area contributed by atoms with Crippen molar-refractivity contribution in [3.8, 4) is 11.5 Å². The fourth-order valence-electron chi connectivity index (χ4n) is 4.14. The highest BCUT2D eigenvalue weighted by atomic mass is 16.5. The van der Waals surface area contributed by atoms with Crippen LogP contribution < -0.4 is 20.4 Å². The van der Waals surface area contributed by atoms with Crippen LogP contribution in [-0.2, 0) is 4.79 Å². The van der Waals surface area contributed by atoms with Crippen LogP contribution in [-0.4, -0.2) is 18.6 Å². The van der Waals surface area contributed by atoms with Crippen molar-refractivity contribution in [3.63, 3.8) is 0 Å². The summed E-state index contributed by atoms with van der Waals surface area (Å²) in [5, 5.41) is 3.55. The average molecular weight is 453 g/mol. The van der Waals surface area contributed by atoms with Crippen LogP contribution in [0.5, 0.6) is 11.5 Å². The van der Waals surface area contributed by atoms with E-state index < -0.39 is 17.6 Å². The number of nitrogens with one attached hydrogen (secondary N) is 1. The second-order valence-corrected chi connectivity index (χ2v) is 8.31. The average Bonchev–Trinajstić information content (AvgIpc) is 3.26. The highest BCUT2D eigenvalue weighted by Crippen LogP contribution is 2.44. The molecule has 1 amide bonds. The van der Waals surface area contributed by atoms with Gasteiger partial charge in [0, 0.05) is 5.69 Å². The molecule has 0 fully saturated rings. The van der Waals surface area contributed by atoms with Gasteiger partial charge in [-0.1, -0.05) is 49.0 Å². The molecule has 1 aromatic heterocycles. The van der Waals surface area contributed by atoms with E-state index in [0.717, 1.165) is 11.1 Å². The SMILES string of the molecule is C=C(C)COc1ccc(C2c3c(c4ccccc4oc3=O)OC2C(=O)Nc2ccccc2)cc1. The molecular weight excluding hydrogens is 430 g/mol. The van der Waals surface area contributed by atoms with E-state index in [2.05, 4.69) is 11.9 Å². The van der Waals surface area contributed by atoms with Gasteiger partial charge in [-0.3, -0.25) is 4.79 Å². The first-order valence-electron chi connectivity index (χ1n) is 11.0. The Balaban J connectivity index is 1.57. The number of benzene rings is 3. The van der Waals surface area contributed by atoms with Crippen molar-refractivity contribution in [1.29, 1.82) is 0 Å². The summed E-state index contributed by atoms with van der Waals surface area (Å²) in [7, 11) is 0. The molecule has 0 saturated heterocycles. The number of carbonyl (C=O) groups excluding carboxylic acids is 1. The summed E-state index contributed by atoms with van der Waals surface area (Å²) in [6.45, 7) is 6.14. The van der Waals surface area contributed by atoms with Gasteiger partial charge in [0.15, 0.2) is 6.10 Å². The molecule has 4 aromatic rings. The highest BCUT2D eigenvalue weighted by molar-refractivity contribution is 5.97. The van der Waals surface area contributed by atoms with Crippen LogP contribution in [0.4, 0.5) is 5.69 Å². The molecule has 6 nitrogen and oxygen atoms in total. The van der Waals surface area contributed by atoms with Crippen LogP contribution in [0.1, 0.15) is 24.0 Å². The number of rotatable bonds is 6. The Bertz CT molecular complexity index is 1420. The third-order valence-corrected chi connectivity index (χ3v) is 5.68. The Morgan fingerprint density at radius 3 is 2.44 bits per heavy atom. The molecule has 6 heteroatoms. The summed E-state index contributed by atoms with van der Waals surface area (Å²) >= 11 is 0. The zero-order valence-electron chi connectivity index (χ0n) is 18.6. The normalized spacial score (nSPS) is 16.5. The van der Waals surface area contributed by atoms with Gasteiger partial charge in [0.05, 0.1) is 16.9 Å². The smallest absolute Gasteiger partial charge is 0.344 e. The zero-order valence-corrected chi connectivity index (χ0v) is 18.6. The minimum Gasteiger partial charge on any atom is -0.489 e. The summed E-state index contributed by atoms with van der Waals surface area (Å²) in [6.07, 6.45) is -0.953. The first-order chi connectivity index (χ1) is 16.5. The summed E-state index contributed by atoms with van der Waals surface area (Å²) < 4.78 is 17.5. The van der Waals surface area contributed by atoms with Gasteiger partial charge in [0.1, 0.15) is 23.7 Å². The molecule has 1 aliphatic rings. The molecule has 34 heavy (non-hydrogen) atoms. The van der Waals surface area contributed by atoms with Crippen molar-refractivity contribution in [3.05, 3.63) is 113 Å². The standard InChI is InChI=1S/C28H23NO5/c1-17(2)16-32-20-14-12-18(13-15-20)23-24-25(21-10-6-7-11-22(21)33-28(24)31)34-26(23)27(30)29-19-8-4-3-5-9-19/h3-15,23,26H,1,16H2,2H3,(H,29,30). The molecule has 2 heterocycles. The maximum atomic E-state index is 13.4. The van der Waals surface area contributed by atoms with Gasteiger partial charge in [0.25, 0.3) is 5.91 Å². The molecular formula is C28H23NO5. The molecule has 2 unspecified atom stereocenters. The number of amides is 1. The van der Waals surface area contributed by atoms with Crippen molar-refractivity contribution in [1.82, 2.24) is 0 Å². The Labute approximate surface area is 196 Å². The topological polar surface area (TPSA) is 77.8 Å². The molecule has 2 atom stereocenters. The number of carbonyl (C=O) groups is 1. The number of anilines is 1. The molecule has 0 spiro atoms. The van der Waals surface area contributed by atoms with Gasteiger partial charge in [-0.05, 0) is 54.5 Å². The van der Waals surface area contributed by atoms with Gasteiger partial charge < -0.3 is 19.2 Å². The van der Waals surface area contributed by atoms with Crippen molar-refractivity contribution >= 4 is 22.6 Å². The molecule has 5 rings (SSSR count). The van der Waals surface area contributed by atoms with Crippen molar-refractivity contribution < 1.29 is 18.7 Å². The fourth-order valence-corrected chi connectivity index (χ4v) is 4.14. The quantitative estimate of drug-likeness (QED) is 0.318. The largest absolute Gasteiger partial charge is 0.489 e. The Morgan fingerprint density at radius 1 is 1.00 bits per heavy atom. The third kappa shape index (κ3) is 4.06. The van der Waals surface area contributed by atoms with E-state index in [1.54, 1.807) is 24.3 Å². The first kappa shape index (κ1) is 21.5. The van der Waals surface area contributed by atoms with E-state index in [0.29, 0.717) is 40.3 Å². The fraction of sp³-hybridized carbons (Fsp3) is 0.143. The van der Waals surface area contributed by atoms with E-state index in [9.17, 15) is 9.59 Å². The second kappa shape index (κ2) is 8.90. The zero-order chi connectivity index (χ0) is 23.7. The molecule has 1 aliphatic heterocycles. The van der Waals surface area contributed by atoms with Crippen molar-refractivity contribution in [2.45, 2.75) is 18.9 Å². The van der Waals surface area contributed by atoms with E-state index in [4.69, 9.17) is 13.9 Å². The van der Waals surface area contributed by atoms with Crippen LogP contribution in [0.25, 0.3) is 11.0 Å². The van der Waals surface area contributed by atoms with E-state index in [1.807, 2.05) is 61.5 Å². The predicted molar refractivity (Wildman–Crippen MR) is 131 cm³/mol. The lowest BCUT2D eigenvalue weighted by Crippen LogP contribution is -2.35. The number of fused-ring (bicyclic) bond motifs is 3. The van der Waals surface area contributed by atoms with E-state index in [-0.39, 0.29) is 5.91 Å². The summed E-state index contributed by atoms with van der Waals surface area (Å²) in [5.41, 5.74) is 2.53. The lowest BCUT2D eigenvalue weighted by Gasteiger charge is -2.19. The second-order valence-electron chi connectivity index (χ2n) is 8.31.